The van der Waals surface area contributed by atoms with E-state index in [-0.39, 0.29) is 5.91 Å². The summed E-state index contributed by atoms with van der Waals surface area (Å²) in [6, 6.07) is 13.8. The maximum absolute atomic E-state index is 12.1. The molecule has 0 spiro atoms. The van der Waals surface area contributed by atoms with Crippen LogP contribution in [0.3, 0.4) is 0 Å². The zero-order valence-electron chi connectivity index (χ0n) is 10.3. The molecule has 0 saturated heterocycles. The summed E-state index contributed by atoms with van der Waals surface area (Å²) in [4.78, 5) is 16.1. The molecular formula is C15H9N3O2. The van der Waals surface area contributed by atoms with Crippen LogP contribution in [0.15, 0.2) is 53.3 Å². The fourth-order valence-electron chi connectivity index (χ4n) is 1.87. The van der Waals surface area contributed by atoms with Crippen molar-refractivity contribution in [1.29, 1.82) is 5.26 Å². The van der Waals surface area contributed by atoms with Gasteiger partial charge in [0, 0.05) is 11.3 Å². The number of fused-ring (bicyclic) bond motifs is 1. The van der Waals surface area contributed by atoms with Crippen LogP contribution in [0.25, 0.3) is 11.1 Å². The standard InChI is InChI=1S/C15H9N3O2/c16-8-10-2-1-3-12(6-10)18-15(19)11-4-5-14-13(7-11)17-9-20-14/h1-7,9H,(H,18,19). The molecule has 5 nitrogen and oxygen atoms in total. The van der Waals surface area contributed by atoms with Crippen molar-refractivity contribution in [2.45, 2.75) is 0 Å². The van der Waals surface area contributed by atoms with E-state index in [1.54, 1.807) is 42.5 Å². The normalized spacial score (nSPS) is 10.2. The number of benzene rings is 2. The number of hydrogen-bond acceptors (Lipinski definition) is 4. The van der Waals surface area contributed by atoms with Crippen LogP contribution in [-0.4, -0.2) is 10.9 Å². The van der Waals surface area contributed by atoms with Gasteiger partial charge in [0.25, 0.3) is 5.91 Å². The Morgan fingerprint density at radius 1 is 1.25 bits per heavy atom. The second kappa shape index (κ2) is 4.86. The maximum Gasteiger partial charge on any atom is 0.255 e. The van der Waals surface area contributed by atoms with Crippen molar-refractivity contribution < 1.29 is 9.21 Å². The van der Waals surface area contributed by atoms with E-state index in [0.29, 0.717) is 27.9 Å². The third kappa shape index (κ3) is 2.22. The van der Waals surface area contributed by atoms with Crippen LogP contribution in [0.1, 0.15) is 15.9 Å². The highest BCUT2D eigenvalue weighted by Gasteiger charge is 2.08. The summed E-state index contributed by atoms with van der Waals surface area (Å²) in [6.07, 6.45) is 1.34. The average molecular weight is 263 g/mol. The molecule has 0 fully saturated rings. The third-order valence-corrected chi connectivity index (χ3v) is 2.84. The van der Waals surface area contributed by atoms with E-state index in [2.05, 4.69) is 10.3 Å². The van der Waals surface area contributed by atoms with Gasteiger partial charge in [-0.25, -0.2) is 4.98 Å². The summed E-state index contributed by atoms with van der Waals surface area (Å²) >= 11 is 0. The quantitative estimate of drug-likeness (QED) is 0.770. The zero-order chi connectivity index (χ0) is 13.9. The first-order valence-corrected chi connectivity index (χ1v) is 5.91. The SMILES string of the molecule is N#Cc1cccc(NC(=O)c2ccc3ocnc3c2)c1. The third-order valence-electron chi connectivity index (χ3n) is 2.84. The van der Waals surface area contributed by atoms with Gasteiger partial charge in [-0.1, -0.05) is 6.07 Å². The molecule has 1 amide bonds. The second-order valence-electron chi connectivity index (χ2n) is 4.18. The highest BCUT2D eigenvalue weighted by atomic mass is 16.3. The van der Waals surface area contributed by atoms with E-state index < -0.39 is 0 Å². The van der Waals surface area contributed by atoms with Crippen LogP contribution in [0.2, 0.25) is 0 Å². The van der Waals surface area contributed by atoms with Gasteiger partial charge in [0.1, 0.15) is 5.52 Å². The predicted molar refractivity (Wildman–Crippen MR) is 73.1 cm³/mol. The topological polar surface area (TPSA) is 78.9 Å². The van der Waals surface area contributed by atoms with Crippen LogP contribution >= 0.6 is 0 Å². The molecule has 0 aliphatic rings. The van der Waals surface area contributed by atoms with Crippen molar-refractivity contribution in [3.63, 3.8) is 0 Å². The summed E-state index contributed by atoms with van der Waals surface area (Å²) in [6.45, 7) is 0. The molecule has 96 valence electrons. The number of hydrogen-bond donors (Lipinski definition) is 1. The Morgan fingerprint density at radius 2 is 2.15 bits per heavy atom. The van der Waals surface area contributed by atoms with Gasteiger partial charge in [0.2, 0.25) is 0 Å². The van der Waals surface area contributed by atoms with E-state index in [1.165, 1.54) is 6.39 Å². The van der Waals surface area contributed by atoms with Crippen molar-refractivity contribution in [3.05, 3.63) is 60.0 Å². The molecule has 0 aliphatic heterocycles. The van der Waals surface area contributed by atoms with Gasteiger partial charge in [-0.3, -0.25) is 4.79 Å². The van der Waals surface area contributed by atoms with Gasteiger partial charge in [-0.2, -0.15) is 5.26 Å². The summed E-state index contributed by atoms with van der Waals surface area (Å²) in [5, 5.41) is 11.6. The van der Waals surface area contributed by atoms with E-state index in [1.807, 2.05) is 6.07 Å². The monoisotopic (exact) mass is 263 g/mol. The summed E-state index contributed by atoms with van der Waals surface area (Å²) in [5.41, 5.74) is 2.81. The van der Waals surface area contributed by atoms with Crippen molar-refractivity contribution in [2.75, 3.05) is 5.32 Å². The average Bonchev–Trinajstić information content (AvgIpc) is 2.94. The highest BCUT2D eigenvalue weighted by molar-refractivity contribution is 6.05. The van der Waals surface area contributed by atoms with Crippen LogP contribution in [0, 0.1) is 11.3 Å². The molecule has 1 heterocycles. The Labute approximate surface area is 114 Å². The molecule has 2 aromatic carbocycles. The molecule has 5 heteroatoms. The molecule has 0 atom stereocenters. The maximum atomic E-state index is 12.1. The highest BCUT2D eigenvalue weighted by Crippen LogP contribution is 2.16. The van der Waals surface area contributed by atoms with Crippen LogP contribution in [0.4, 0.5) is 5.69 Å². The van der Waals surface area contributed by atoms with Crippen LogP contribution in [-0.2, 0) is 0 Å². The lowest BCUT2D eigenvalue weighted by Crippen LogP contribution is -2.11. The molecule has 0 aliphatic carbocycles. The van der Waals surface area contributed by atoms with E-state index in [9.17, 15) is 4.79 Å². The van der Waals surface area contributed by atoms with E-state index in [0.717, 1.165) is 0 Å². The van der Waals surface area contributed by atoms with Gasteiger partial charge in [-0.05, 0) is 36.4 Å². The lowest BCUT2D eigenvalue weighted by atomic mass is 10.1. The Balaban J connectivity index is 1.86. The number of carbonyl (C=O) groups excluding carboxylic acids is 1. The number of carbonyl (C=O) groups is 1. The zero-order valence-corrected chi connectivity index (χ0v) is 10.3. The number of nitrogens with one attached hydrogen (secondary N) is 1. The van der Waals surface area contributed by atoms with Gasteiger partial charge in [0.05, 0.1) is 11.6 Å². The lowest BCUT2D eigenvalue weighted by molar-refractivity contribution is 0.102. The first kappa shape index (κ1) is 11.9. The first-order valence-electron chi connectivity index (χ1n) is 5.91. The van der Waals surface area contributed by atoms with Gasteiger partial charge < -0.3 is 9.73 Å². The van der Waals surface area contributed by atoms with Crippen molar-refractivity contribution in [3.8, 4) is 6.07 Å². The Kier molecular flexibility index (Phi) is 2.90. The molecule has 0 radical (unpaired) electrons. The summed E-state index contributed by atoms with van der Waals surface area (Å²) < 4.78 is 5.12. The number of amides is 1. The fraction of sp³-hybridized carbons (Fsp3) is 0. The van der Waals surface area contributed by atoms with Crippen LogP contribution < -0.4 is 5.32 Å². The number of nitrogens with zero attached hydrogens (tertiary/aromatic N) is 2. The first-order chi connectivity index (χ1) is 9.76. The van der Waals surface area contributed by atoms with Crippen LogP contribution in [0.5, 0.6) is 0 Å². The Hall–Kier alpha value is -3.13. The minimum Gasteiger partial charge on any atom is -0.443 e. The molecule has 0 bridgehead atoms. The molecule has 3 rings (SSSR count). The van der Waals surface area contributed by atoms with E-state index in [4.69, 9.17) is 9.68 Å². The minimum absolute atomic E-state index is 0.259. The number of anilines is 1. The second-order valence-corrected chi connectivity index (χ2v) is 4.18. The lowest BCUT2D eigenvalue weighted by Gasteiger charge is -2.05. The molecule has 1 aromatic heterocycles. The molecule has 0 saturated carbocycles. The number of oxazole rings is 1. The predicted octanol–water partition coefficient (Wildman–Crippen LogP) is 2.95. The molecular weight excluding hydrogens is 254 g/mol. The molecule has 0 unspecified atom stereocenters. The molecule has 1 N–H and O–H groups in total. The van der Waals surface area contributed by atoms with Crippen molar-refractivity contribution in [1.82, 2.24) is 4.98 Å². The number of aromatic nitrogens is 1. The van der Waals surface area contributed by atoms with Gasteiger partial charge >= 0.3 is 0 Å². The summed E-state index contributed by atoms with van der Waals surface area (Å²) in [7, 11) is 0. The Morgan fingerprint density at radius 3 is 3.00 bits per heavy atom. The summed E-state index contributed by atoms with van der Waals surface area (Å²) in [5.74, 6) is -0.259. The van der Waals surface area contributed by atoms with Crippen molar-refractivity contribution >= 4 is 22.7 Å². The van der Waals surface area contributed by atoms with Gasteiger partial charge in [0.15, 0.2) is 12.0 Å². The number of nitriles is 1. The Bertz CT molecular complexity index is 830. The molecule has 20 heavy (non-hydrogen) atoms. The smallest absolute Gasteiger partial charge is 0.255 e. The van der Waals surface area contributed by atoms with E-state index >= 15 is 0 Å². The minimum atomic E-state index is -0.259. The van der Waals surface area contributed by atoms with Gasteiger partial charge in [-0.15, -0.1) is 0 Å². The van der Waals surface area contributed by atoms with Crippen molar-refractivity contribution in [2.24, 2.45) is 0 Å². The molecule has 3 aromatic rings. The largest absolute Gasteiger partial charge is 0.443 e. The fourth-order valence-corrected chi connectivity index (χ4v) is 1.87. The number of rotatable bonds is 2.